The number of piperidine rings is 1. The quantitative estimate of drug-likeness (QED) is 0.713. The van der Waals surface area contributed by atoms with Crippen LogP contribution in [0.5, 0.6) is 0 Å². The number of carbonyl (C=O) groups is 1. The van der Waals surface area contributed by atoms with Crippen LogP contribution in [0.1, 0.15) is 39.5 Å². The number of hydrogen-bond donors (Lipinski definition) is 1. The molecule has 0 aromatic carbocycles. The Morgan fingerprint density at radius 1 is 1.42 bits per heavy atom. The molecule has 1 saturated heterocycles. The molecule has 2 fully saturated rings. The zero-order chi connectivity index (χ0) is 13.7. The highest BCUT2D eigenvalue weighted by Gasteiger charge is 2.33. The first kappa shape index (κ1) is 14.8. The van der Waals surface area contributed by atoms with E-state index in [-0.39, 0.29) is 11.9 Å². The van der Waals surface area contributed by atoms with Crippen LogP contribution in [0.2, 0.25) is 0 Å². The number of nitrogens with one attached hydrogen (secondary N) is 1. The predicted molar refractivity (Wildman–Crippen MR) is 76.0 cm³/mol. The summed E-state index contributed by atoms with van der Waals surface area (Å²) in [5.41, 5.74) is 0. The van der Waals surface area contributed by atoms with Crippen LogP contribution in [0, 0.1) is 11.8 Å². The second-order valence-electron chi connectivity index (χ2n) is 6.05. The van der Waals surface area contributed by atoms with Gasteiger partial charge in [0.2, 0.25) is 0 Å². The van der Waals surface area contributed by atoms with Crippen molar-refractivity contribution in [3.8, 4) is 0 Å². The van der Waals surface area contributed by atoms with E-state index in [4.69, 9.17) is 4.74 Å². The molecule has 2 aliphatic rings. The highest BCUT2D eigenvalue weighted by molar-refractivity contribution is 5.72. The van der Waals surface area contributed by atoms with E-state index in [0.29, 0.717) is 6.61 Å². The summed E-state index contributed by atoms with van der Waals surface area (Å²) in [6, 6.07) is 0.721. The largest absolute Gasteiger partial charge is 0.466 e. The lowest BCUT2D eigenvalue weighted by Crippen LogP contribution is -2.42. The minimum absolute atomic E-state index is 0.00269. The van der Waals surface area contributed by atoms with E-state index >= 15 is 0 Å². The lowest BCUT2D eigenvalue weighted by molar-refractivity contribution is -0.148. The maximum atomic E-state index is 11.8. The van der Waals surface area contributed by atoms with E-state index < -0.39 is 0 Å². The fourth-order valence-electron chi connectivity index (χ4n) is 2.93. The average Bonchev–Trinajstić information content (AvgIpc) is 3.23. The Labute approximate surface area is 116 Å². The highest BCUT2D eigenvalue weighted by Crippen LogP contribution is 2.29. The van der Waals surface area contributed by atoms with Crippen molar-refractivity contribution in [2.45, 2.75) is 45.6 Å². The molecular weight excluding hydrogens is 240 g/mol. The van der Waals surface area contributed by atoms with E-state index in [1.807, 2.05) is 13.8 Å². The summed E-state index contributed by atoms with van der Waals surface area (Å²) in [5, 5.41) is 3.48. The summed E-state index contributed by atoms with van der Waals surface area (Å²) in [5.74, 6) is 0.704. The Bertz CT molecular complexity index is 286. The van der Waals surface area contributed by atoms with Crippen molar-refractivity contribution in [3.63, 3.8) is 0 Å². The lowest BCUT2D eigenvalue weighted by atomic mass is 9.98. The molecule has 2 atom stereocenters. The zero-order valence-electron chi connectivity index (χ0n) is 12.4. The Kier molecular flexibility index (Phi) is 5.64. The van der Waals surface area contributed by atoms with Crippen LogP contribution < -0.4 is 5.32 Å². The third kappa shape index (κ3) is 4.77. The van der Waals surface area contributed by atoms with Gasteiger partial charge in [-0.2, -0.15) is 0 Å². The number of carbonyl (C=O) groups excluding carboxylic acids is 1. The highest BCUT2D eigenvalue weighted by atomic mass is 16.5. The van der Waals surface area contributed by atoms with Crippen LogP contribution in [0.4, 0.5) is 0 Å². The molecule has 0 amide bonds. The van der Waals surface area contributed by atoms with Crippen molar-refractivity contribution in [2.24, 2.45) is 11.8 Å². The van der Waals surface area contributed by atoms with Gasteiger partial charge >= 0.3 is 5.97 Å². The van der Waals surface area contributed by atoms with E-state index in [1.54, 1.807) is 0 Å². The minimum Gasteiger partial charge on any atom is -0.466 e. The SMILES string of the molecule is CCOC(=O)C(C)CN(CC1CCCNC1)C1CC1. The van der Waals surface area contributed by atoms with Gasteiger partial charge in [-0.25, -0.2) is 0 Å². The summed E-state index contributed by atoms with van der Waals surface area (Å²) in [4.78, 5) is 14.3. The van der Waals surface area contributed by atoms with Crippen molar-refractivity contribution in [1.29, 1.82) is 0 Å². The van der Waals surface area contributed by atoms with Gasteiger partial charge in [0, 0.05) is 19.1 Å². The van der Waals surface area contributed by atoms with E-state index in [9.17, 15) is 4.79 Å². The molecule has 110 valence electrons. The zero-order valence-corrected chi connectivity index (χ0v) is 12.4. The molecular formula is C15H28N2O2. The third-order valence-corrected chi connectivity index (χ3v) is 4.15. The summed E-state index contributed by atoms with van der Waals surface area (Å²) in [7, 11) is 0. The molecule has 1 N–H and O–H groups in total. The van der Waals surface area contributed by atoms with Gasteiger partial charge in [0.05, 0.1) is 12.5 Å². The Morgan fingerprint density at radius 2 is 2.21 bits per heavy atom. The first-order valence-corrected chi connectivity index (χ1v) is 7.82. The summed E-state index contributed by atoms with van der Waals surface area (Å²) in [6.07, 6.45) is 5.21. The molecule has 1 aliphatic heterocycles. The summed E-state index contributed by atoms with van der Waals surface area (Å²) >= 11 is 0. The predicted octanol–water partition coefficient (Wildman–Crippen LogP) is 1.65. The van der Waals surface area contributed by atoms with E-state index in [2.05, 4.69) is 10.2 Å². The number of rotatable bonds is 7. The lowest BCUT2D eigenvalue weighted by Gasteiger charge is -2.31. The molecule has 0 radical (unpaired) electrons. The number of nitrogens with zero attached hydrogens (tertiary/aromatic N) is 1. The van der Waals surface area contributed by atoms with Crippen LogP contribution in [-0.4, -0.2) is 49.7 Å². The van der Waals surface area contributed by atoms with Crippen molar-refractivity contribution in [3.05, 3.63) is 0 Å². The molecule has 2 rings (SSSR count). The van der Waals surface area contributed by atoms with Gasteiger partial charge in [-0.15, -0.1) is 0 Å². The molecule has 1 aliphatic carbocycles. The normalized spacial score (nSPS) is 25.3. The molecule has 0 bridgehead atoms. The molecule has 1 saturated carbocycles. The van der Waals surface area contributed by atoms with Gasteiger partial charge in [-0.1, -0.05) is 6.92 Å². The van der Waals surface area contributed by atoms with Crippen molar-refractivity contribution < 1.29 is 9.53 Å². The minimum atomic E-state index is -0.0464. The first-order chi connectivity index (χ1) is 9.20. The van der Waals surface area contributed by atoms with Crippen LogP contribution >= 0.6 is 0 Å². The van der Waals surface area contributed by atoms with Gasteiger partial charge in [-0.05, 0) is 51.6 Å². The molecule has 19 heavy (non-hydrogen) atoms. The van der Waals surface area contributed by atoms with Gasteiger partial charge in [0.15, 0.2) is 0 Å². The van der Waals surface area contributed by atoms with E-state index in [0.717, 1.165) is 31.6 Å². The van der Waals surface area contributed by atoms with Gasteiger partial charge in [-0.3, -0.25) is 9.69 Å². The standard InChI is InChI=1S/C15H28N2O2/c1-3-19-15(18)12(2)10-17(14-6-7-14)11-13-5-4-8-16-9-13/h12-14,16H,3-11H2,1-2H3. The Morgan fingerprint density at radius 3 is 2.79 bits per heavy atom. The van der Waals surface area contributed by atoms with Crippen LogP contribution in [0.15, 0.2) is 0 Å². The third-order valence-electron chi connectivity index (χ3n) is 4.15. The molecule has 4 nitrogen and oxygen atoms in total. The maximum absolute atomic E-state index is 11.8. The summed E-state index contributed by atoms with van der Waals surface area (Å²) < 4.78 is 5.12. The van der Waals surface area contributed by atoms with Crippen LogP contribution in [0.25, 0.3) is 0 Å². The van der Waals surface area contributed by atoms with Crippen LogP contribution in [-0.2, 0) is 9.53 Å². The topological polar surface area (TPSA) is 41.6 Å². The number of ether oxygens (including phenoxy) is 1. The van der Waals surface area contributed by atoms with Crippen molar-refractivity contribution in [2.75, 3.05) is 32.8 Å². The smallest absolute Gasteiger partial charge is 0.309 e. The molecule has 0 aromatic heterocycles. The van der Waals surface area contributed by atoms with Crippen molar-refractivity contribution >= 4 is 5.97 Å². The molecule has 0 spiro atoms. The number of esters is 1. The Balaban J connectivity index is 1.80. The first-order valence-electron chi connectivity index (χ1n) is 7.82. The number of hydrogen-bond acceptors (Lipinski definition) is 4. The van der Waals surface area contributed by atoms with Gasteiger partial charge in [0.25, 0.3) is 0 Å². The fraction of sp³-hybridized carbons (Fsp3) is 0.933. The second-order valence-corrected chi connectivity index (χ2v) is 6.05. The van der Waals surface area contributed by atoms with Crippen LogP contribution in [0.3, 0.4) is 0 Å². The Hall–Kier alpha value is -0.610. The van der Waals surface area contributed by atoms with E-state index in [1.165, 1.54) is 32.2 Å². The second kappa shape index (κ2) is 7.25. The van der Waals surface area contributed by atoms with Gasteiger partial charge in [0.1, 0.15) is 0 Å². The molecule has 2 unspecified atom stereocenters. The fourth-order valence-corrected chi connectivity index (χ4v) is 2.93. The summed E-state index contributed by atoms with van der Waals surface area (Å²) in [6.45, 7) is 8.65. The van der Waals surface area contributed by atoms with Crippen molar-refractivity contribution in [1.82, 2.24) is 10.2 Å². The monoisotopic (exact) mass is 268 g/mol. The average molecular weight is 268 g/mol. The van der Waals surface area contributed by atoms with Gasteiger partial charge < -0.3 is 10.1 Å². The molecule has 0 aromatic rings. The maximum Gasteiger partial charge on any atom is 0.309 e. The molecule has 4 heteroatoms. The molecule has 1 heterocycles.